The Balaban J connectivity index is 1.60. The Morgan fingerprint density at radius 3 is 2.56 bits per heavy atom. The molecule has 0 fully saturated rings. The largest absolute Gasteiger partial charge is 0.503 e. The van der Waals surface area contributed by atoms with E-state index >= 15 is 0 Å². The number of ketones is 1. The standard InChI is InChI=1S/C27H19ClN2O3S/c1-16-7-13-20-22(15-16)34-27(29-20)30-24(18-9-11-19(28)12-10-18)23(25(32)26(30)33)21(31)14-8-17-5-3-2-4-6-17/h2-15,24,32H,1H3/b14-8+. The van der Waals surface area contributed by atoms with Crippen molar-refractivity contribution in [2.75, 3.05) is 4.90 Å². The summed E-state index contributed by atoms with van der Waals surface area (Å²) < 4.78 is 0.917. The van der Waals surface area contributed by atoms with Crippen LogP contribution in [0.5, 0.6) is 0 Å². The summed E-state index contributed by atoms with van der Waals surface area (Å²) in [5.74, 6) is -1.68. The van der Waals surface area contributed by atoms with Gasteiger partial charge in [-0.3, -0.25) is 14.5 Å². The van der Waals surface area contributed by atoms with Gasteiger partial charge in [0.2, 0.25) is 0 Å². The summed E-state index contributed by atoms with van der Waals surface area (Å²) in [5, 5.41) is 11.8. The van der Waals surface area contributed by atoms with Gasteiger partial charge in [0.15, 0.2) is 16.7 Å². The first-order valence-corrected chi connectivity index (χ1v) is 11.8. The minimum Gasteiger partial charge on any atom is -0.503 e. The lowest BCUT2D eigenvalue weighted by Gasteiger charge is -2.24. The van der Waals surface area contributed by atoms with Crippen molar-refractivity contribution >= 4 is 56.1 Å². The van der Waals surface area contributed by atoms with E-state index in [0.29, 0.717) is 15.7 Å². The molecule has 4 aromatic rings. The van der Waals surface area contributed by atoms with Gasteiger partial charge in [0, 0.05) is 5.02 Å². The summed E-state index contributed by atoms with van der Waals surface area (Å²) in [6.45, 7) is 1.99. The van der Waals surface area contributed by atoms with Gasteiger partial charge in [-0.05, 0) is 54.0 Å². The van der Waals surface area contributed by atoms with Gasteiger partial charge in [-0.15, -0.1) is 0 Å². The molecule has 0 bridgehead atoms. The van der Waals surface area contributed by atoms with Crippen LogP contribution in [0.3, 0.4) is 0 Å². The van der Waals surface area contributed by atoms with Crippen LogP contribution in [0, 0.1) is 6.92 Å². The number of halogens is 1. The highest BCUT2D eigenvalue weighted by Crippen LogP contribution is 2.43. The lowest BCUT2D eigenvalue weighted by molar-refractivity contribution is -0.117. The fraction of sp³-hybridized carbons (Fsp3) is 0.0741. The molecule has 1 N–H and O–H groups in total. The van der Waals surface area contributed by atoms with Crippen molar-refractivity contribution in [1.82, 2.24) is 4.98 Å². The van der Waals surface area contributed by atoms with Crippen LogP contribution in [0.15, 0.2) is 90.2 Å². The normalized spacial score (nSPS) is 16.2. The first-order chi connectivity index (χ1) is 16.4. The zero-order valence-electron chi connectivity index (χ0n) is 18.1. The maximum absolute atomic E-state index is 13.3. The first kappa shape index (κ1) is 22.1. The van der Waals surface area contributed by atoms with Crippen LogP contribution in [0.4, 0.5) is 5.13 Å². The molecule has 1 atom stereocenters. The molecule has 0 radical (unpaired) electrons. The van der Waals surface area contributed by atoms with Gasteiger partial charge >= 0.3 is 0 Å². The minimum absolute atomic E-state index is 0.00920. The van der Waals surface area contributed by atoms with Gasteiger partial charge in [0.1, 0.15) is 0 Å². The number of allylic oxidation sites excluding steroid dienone is 1. The predicted octanol–water partition coefficient (Wildman–Crippen LogP) is 6.44. The van der Waals surface area contributed by atoms with Crippen molar-refractivity contribution in [1.29, 1.82) is 0 Å². The third-order valence-electron chi connectivity index (χ3n) is 5.62. The van der Waals surface area contributed by atoms with Crippen molar-refractivity contribution in [3.05, 3.63) is 112 Å². The number of benzene rings is 3. The highest BCUT2D eigenvalue weighted by molar-refractivity contribution is 7.22. The molecule has 3 aromatic carbocycles. The molecule has 1 aromatic heterocycles. The highest BCUT2D eigenvalue weighted by Gasteiger charge is 2.45. The van der Waals surface area contributed by atoms with Gasteiger partial charge in [0.25, 0.3) is 5.91 Å². The smallest absolute Gasteiger partial charge is 0.296 e. The van der Waals surface area contributed by atoms with Gasteiger partial charge in [-0.1, -0.05) is 77.5 Å². The van der Waals surface area contributed by atoms with Crippen LogP contribution in [0.2, 0.25) is 5.02 Å². The number of amides is 1. The number of anilines is 1. The monoisotopic (exact) mass is 486 g/mol. The number of nitrogens with zero attached hydrogens (tertiary/aromatic N) is 2. The predicted molar refractivity (Wildman–Crippen MR) is 136 cm³/mol. The number of rotatable bonds is 5. The molecular formula is C27H19ClN2O3S. The van der Waals surface area contributed by atoms with E-state index in [9.17, 15) is 14.7 Å². The number of aryl methyl sites for hydroxylation is 1. The topological polar surface area (TPSA) is 70.5 Å². The Hall–Kier alpha value is -3.74. The minimum atomic E-state index is -0.834. The number of aromatic nitrogens is 1. The van der Waals surface area contributed by atoms with E-state index in [1.807, 2.05) is 55.5 Å². The third kappa shape index (κ3) is 4.02. The molecule has 2 heterocycles. The lowest BCUT2D eigenvalue weighted by Crippen LogP contribution is -2.30. The van der Waals surface area contributed by atoms with E-state index in [1.54, 1.807) is 30.3 Å². The fourth-order valence-electron chi connectivity index (χ4n) is 3.96. The second-order valence-corrected chi connectivity index (χ2v) is 9.41. The summed E-state index contributed by atoms with van der Waals surface area (Å²) in [4.78, 5) is 32.6. The number of fused-ring (bicyclic) bond motifs is 1. The Morgan fingerprint density at radius 1 is 1.09 bits per heavy atom. The molecule has 1 amide bonds. The molecule has 0 spiro atoms. The number of thiazole rings is 1. The highest BCUT2D eigenvalue weighted by atomic mass is 35.5. The molecule has 0 saturated carbocycles. The second kappa shape index (κ2) is 8.89. The first-order valence-electron chi connectivity index (χ1n) is 10.6. The van der Waals surface area contributed by atoms with E-state index in [0.717, 1.165) is 21.3 Å². The quantitative estimate of drug-likeness (QED) is 0.329. The molecule has 0 saturated heterocycles. The zero-order chi connectivity index (χ0) is 23.8. The van der Waals surface area contributed by atoms with Crippen LogP contribution in [-0.2, 0) is 9.59 Å². The van der Waals surface area contributed by atoms with Gasteiger partial charge in [0.05, 0.1) is 21.8 Å². The number of aliphatic hydroxyl groups excluding tert-OH is 1. The van der Waals surface area contributed by atoms with E-state index in [2.05, 4.69) is 4.98 Å². The average molecular weight is 487 g/mol. The van der Waals surface area contributed by atoms with Crippen LogP contribution < -0.4 is 4.90 Å². The van der Waals surface area contributed by atoms with Crippen molar-refractivity contribution in [2.45, 2.75) is 13.0 Å². The molecule has 168 valence electrons. The van der Waals surface area contributed by atoms with Crippen LogP contribution in [0.1, 0.15) is 22.7 Å². The second-order valence-electron chi connectivity index (χ2n) is 7.97. The van der Waals surface area contributed by atoms with Gasteiger partial charge < -0.3 is 5.11 Å². The Labute approximate surface area is 205 Å². The number of aliphatic hydroxyl groups is 1. The number of hydrogen-bond acceptors (Lipinski definition) is 5. The molecule has 5 nitrogen and oxygen atoms in total. The fourth-order valence-corrected chi connectivity index (χ4v) is 5.18. The molecule has 0 aliphatic carbocycles. The molecule has 1 aliphatic rings. The number of carbonyl (C=O) groups excluding carboxylic acids is 2. The molecule has 7 heteroatoms. The van der Waals surface area contributed by atoms with Gasteiger partial charge in [-0.2, -0.15) is 0 Å². The van der Waals surface area contributed by atoms with E-state index < -0.39 is 23.5 Å². The Kier molecular flexibility index (Phi) is 5.77. The summed E-state index contributed by atoms with van der Waals surface area (Å²) in [7, 11) is 0. The summed E-state index contributed by atoms with van der Waals surface area (Å²) in [5.41, 5.74) is 3.31. The van der Waals surface area contributed by atoms with Crippen molar-refractivity contribution in [3.8, 4) is 0 Å². The van der Waals surface area contributed by atoms with E-state index in [-0.39, 0.29) is 5.57 Å². The molecule has 1 unspecified atom stereocenters. The molecule has 34 heavy (non-hydrogen) atoms. The number of carbonyl (C=O) groups is 2. The third-order valence-corrected chi connectivity index (χ3v) is 6.89. The Bertz CT molecular complexity index is 1470. The van der Waals surface area contributed by atoms with Crippen molar-refractivity contribution < 1.29 is 14.7 Å². The van der Waals surface area contributed by atoms with Crippen LogP contribution in [-0.4, -0.2) is 21.8 Å². The van der Waals surface area contributed by atoms with Crippen LogP contribution in [0.25, 0.3) is 16.3 Å². The lowest BCUT2D eigenvalue weighted by atomic mass is 9.96. The molecule has 5 rings (SSSR count). The molecular weight excluding hydrogens is 468 g/mol. The van der Waals surface area contributed by atoms with Crippen LogP contribution >= 0.6 is 22.9 Å². The van der Waals surface area contributed by atoms with Gasteiger partial charge in [-0.25, -0.2) is 4.98 Å². The summed E-state index contributed by atoms with van der Waals surface area (Å²) in [6, 6.07) is 21.2. The average Bonchev–Trinajstić information content (AvgIpc) is 3.36. The zero-order valence-corrected chi connectivity index (χ0v) is 19.7. The van der Waals surface area contributed by atoms with Crippen molar-refractivity contribution in [3.63, 3.8) is 0 Å². The summed E-state index contributed by atoms with van der Waals surface area (Å²) >= 11 is 7.42. The SMILES string of the molecule is Cc1ccc2nc(N3C(=O)C(O)=C(C(=O)/C=C/c4ccccc4)C3c3ccc(Cl)cc3)sc2c1. The van der Waals surface area contributed by atoms with Crippen molar-refractivity contribution in [2.24, 2.45) is 0 Å². The molecule has 1 aliphatic heterocycles. The van der Waals surface area contributed by atoms with E-state index in [4.69, 9.17) is 11.6 Å². The maximum atomic E-state index is 13.3. The Morgan fingerprint density at radius 2 is 1.82 bits per heavy atom. The summed E-state index contributed by atoms with van der Waals surface area (Å²) in [6.07, 6.45) is 3.04. The maximum Gasteiger partial charge on any atom is 0.296 e. The number of hydrogen-bond donors (Lipinski definition) is 1. The van der Waals surface area contributed by atoms with E-state index in [1.165, 1.54) is 22.3 Å².